The van der Waals surface area contributed by atoms with E-state index in [1.807, 2.05) is 0 Å². The highest BCUT2D eigenvalue weighted by Crippen LogP contribution is 2.41. The molecule has 6 nitrogen and oxygen atoms in total. The van der Waals surface area contributed by atoms with Crippen molar-refractivity contribution in [1.82, 2.24) is 0 Å². The zero-order valence-electron chi connectivity index (χ0n) is 10.8. The summed E-state index contributed by atoms with van der Waals surface area (Å²) >= 11 is 0. The van der Waals surface area contributed by atoms with Crippen LogP contribution in [0.1, 0.15) is 30.8 Å². The van der Waals surface area contributed by atoms with E-state index in [0.717, 1.165) is 0 Å². The third kappa shape index (κ3) is 2.63. The molecule has 1 fully saturated rings. The predicted molar refractivity (Wildman–Crippen MR) is 66.9 cm³/mol. The van der Waals surface area contributed by atoms with E-state index in [4.69, 9.17) is 14.9 Å². The van der Waals surface area contributed by atoms with Crippen LogP contribution >= 0.6 is 0 Å². The molecule has 0 aliphatic carbocycles. The summed E-state index contributed by atoms with van der Waals surface area (Å²) < 4.78 is 10.8. The lowest BCUT2D eigenvalue weighted by molar-refractivity contribution is -0.120. The highest BCUT2D eigenvalue weighted by atomic mass is 16.5. The monoisotopic (exact) mass is 267 g/mol. The summed E-state index contributed by atoms with van der Waals surface area (Å²) in [6, 6.07) is 1.22. The molecule has 19 heavy (non-hydrogen) atoms. The molecule has 0 bridgehead atoms. The fourth-order valence-corrected chi connectivity index (χ4v) is 2.54. The Balaban J connectivity index is 2.55. The molecule has 1 aromatic heterocycles. The van der Waals surface area contributed by atoms with Crippen LogP contribution in [-0.2, 0) is 14.9 Å². The van der Waals surface area contributed by atoms with Crippen LogP contribution < -0.4 is 11.2 Å². The van der Waals surface area contributed by atoms with Crippen LogP contribution in [0, 0.1) is 6.92 Å². The van der Waals surface area contributed by atoms with Crippen LogP contribution in [-0.4, -0.2) is 24.2 Å². The Labute approximate surface area is 110 Å². The molecule has 0 saturated carbocycles. The van der Waals surface area contributed by atoms with Gasteiger partial charge in [0.1, 0.15) is 5.76 Å². The second kappa shape index (κ2) is 5.05. The van der Waals surface area contributed by atoms with Crippen LogP contribution in [0.5, 0.6) is 5.75 Å². The lowest BCUT2D eigenvalue weighted by Crippen LogP contribution is -2.38. The van der Waals surface area contributed by atoms with E-state index in [0.29, 0.717) is 31.8 Å². The first kappa shape index (κ1) is 13.6. The number of primary amides is 1. The van der Waals surface area contributed by atoms with Crippen LogP contribution in [0.2, 0.25) is 0 Å². The second-order valence-corrected chi connectivity index (χ2v) is 4.93. The number of hydrogen-bond acceptors (Lipinski definition) is 5. The van der Waals surface area contributed by atoms with E-state index in [2.05, 4.69) is 0 Å². The number of rotatable bonds is 3. The second-order valence-electron chi connectivity index (χ2n) is 4.93. The van der Waals surface area contributed by atoms with E-state index >= 15 is 0 Å². The minimum atomic E-state index is -0.751. The van der Waals surface area contributed by atoms with Gasteiger partial charge in [-0.3, -0.25) is 9.59 Å². The van der Waals surface area contributed by atoms with Gasteiger partial charge in [-0.15, -0.1) is 0 Å². The Morgan fingerprint density at radius 2 is 2.11 bits per heavy atom. The molecule has 2 rings (SSSR count). The Hall–Kier alpha value is -1.82. The first-order valence-corrected chi connectivity index (χ1v) is 6.15. The van der Waals surface area contributed by atoms with Crippen molar-refractivity contribution >= 4 is 5.91 Å². The number of hydrogen-bond donors (Lipinski definition) is 2. The van der Waals surface area contributed by atoms with Gasteiger partial charge in [-0.05, 0) is 19.8 Å². The topological polar surface area (TPSA) is 103 Å². The summed E-state index contributed by atoms with van der Waals surface area (Å²) in [5.74, 6) is -0.382. The first-order valence-electron chi connectivity index (χ1n) is 6.15. The van der Waals surface area contributed by atoms with Crippen molar-refractivity contribution in [3.8, 4) is 5.75 Å². The van der Waals surface area contributed by atoms with Crippen molar-refractivity contribution in [2.75, 3.05) is 13.2 Å². The lowest BCUT2D eigenvalue weighted by Gasteiger charge is -2.35. The number of amides is 1. The van der Waals surface area contributed by atoms with Gasteiger partial charge in [0, 0.05) is 31.1 Å². The van der Waals surface area contributed by atoms with E-state index < -0.39 is 22.5 Å². The number of carbonyl (C=O) groups is 1. The average molecular weight is 267 g/mol. The van der Waals surface area contributed by atoms with Crippen molar-refractivity contribution < 1.29 is 19.1 Å². The molecule has 3 N–H and O–H groups in total. The van der Waals surface area contributed by atoms with Gasteiger partial charge in [-0.2, -0.15) is 0 Å². The van der Waals surface area contributed by atoms with Gasteiger partial charge in [0.05, 0.1) is 0 Å². The standard InChI is InChI=1S/C13H17NO5/c1-8-6-9(15)11(17)12(19-8)13(7-10(14)16)2-4-18-5-3-13/h6,17H,2-5,7H2,1H3,(H2,14,16). The molecule has 6 heteroatoms. The molecule has 0 atom stereocenters. The summed E-state index contributed by atoms with van der Waals surface area (Å²) in [6.07, 6.45) is 0.988. The van der Waals surface area contributed by atoms with Crippen molar-refractivity contribution in [1.29, 1.82) is 0 Å². The molecule has 1 amide bonds. The van der Waals surface area contributed by atoms with Crippen LogP contribution in [0.4, 0.5) is 0 Å². The highest BCUT2D eigenvalue weighted by Gasteiger charge is 2.41. The first-order chi connectivity index (χ1) is 8.94. The van der Waals surface area contributed by atoms with Crippen LogP contribution in [0.15, 0.2) is 15.3 Å². The highest BCUT2D eigenvalue weighted by molar-refractivity contribution is 5.75. The molecular formula is C13H17NO5. The summed E-state index contributed by atoms with van der Waals surface area (Å²) in [4.78, 5) is 23.0. The normalized spacial score (nSPS) is 18.2. The SMILES string of the molecule is Cc1cc(=O)c(O)c(C2(CC(N)=O)CCOCC2)o1. The Morgan fingerprint density at radius 3 is 2.68 bits per heavy atom. The summed E-state index contributed by atoms with van der Waals surface area (Å²) in [6.45, 7) is 2.50. The zero-order chi connectivity index (χ0) is 14.0. The molecule has 1 aliphatic heterocycles. The lowest BCUT2D eigenvalue weighted by atomic mass is 9.74. The quantitative estimate of drug-likeness (QED) is 0.833. The fraction of sp³-hybridized carbons (Fsp3) is 0.538. The molecular weight excluding hydrogens is 250 g/mol. The third-order valence-corrected chi connectivity index (χ3v) is 3.49. The number of aryl methyl sites for hydroxylation is 1. The largest absolute Gasteiger partial charge is 0.502 e. The summed E-state index contributed by atoms with van der Waals surface area (Å²) in [5.41, 5.74) is 4.03. The van der Waals surface area contributed by atoms with Crippen molar-refractivity contribution in [2.24, 2.45) is 5.73 Å². The Bertz CT molecular complexity index is 542. The van der Waals surface area contributed by atoms with Crippen molar-refractivity contribution in [3.05, 3.63) is 27.8 Å². The Morgan fingerprint density at radius 1 is 1.47 bits per heavy atom. The number of ether oxygens (including phenoxy) is 1. The minimum Gasteiger partial charge on any atom is -0.502 e. The number of nitrogens with two attached hydrogens (primary N) is 1. The van der Waals surface area contributed by atoms with Gasteiger partial charge < -0.3 is 20.0 Å². The molecule has 1 aromatic rings. The molecule has 0 radical (unpaired) electrons. The van der Waals surface area contributed by atoms with Gasteiger partial charge in [-0.25, -0.2) is 0 Å². The number of aromatic hydroxyl groups is 1. The molecule has 104 valence electrons. The Kier molecular flexibility index (Phi) is 3.61. The third-order valence-electron chi connectivity index (χ3n) is 3.49. The molecule has 1 aliphatic rings. The van der Waals surface area contributed by atoms with Gasteiger partial charge >= 0.3 is 0 Å². The molecule has 2 heterocycles. The van der Waals surface area contributed by atoms with Crippen LogP contribution in [0.3, 0.4) is 0 Å². The van der Waals surface area contributed by atoms with Gasteiger partial charge in [0.25, 0.3) is 0 Å². The smallest absolute Gasteiger partial charge is 0.227 e. The molecule has 1 saturated heterocycles. The fourth-order valence-electron chi connectivity index (χ4n) is 2.54. The van der Waals surface area contributed by atoms with E-state index in [1.54, 1.807) is 6.92 Å². The number of carbonyl (C=O) groups excluding carboxylic acids is 1. The zero-order valence-corrected chi connectivity index (χ0v) is 10.8. The van der Waals surface area contributed by atoms with Gasteiger partial charge in [0.15, 0.2) is 5.76 Å². The van der Waals surface area contributed by atoms with E-state index in [-0.39, 0.29) is 12.2 Å². The molecule has 0 unspecified atom stereocenters. The summed E-state index contributed by atoms with van der Waals surface area (Å²) in [7, 11) is 0. The van der Waals surface area contributed by atoms with Gasteiger partial charge in [0.2, 0.25) is 17.1 Å². The van der Waals surface area contributed by atoms with Gasteiger partial charge in [-0.1, -0.05) is 0 Å². The minimum absolute atomic E-state index is 0.0241. The predicted octanol–water partition coefficient (Wildman–Crippen LogP) is 0.577. The average Bonchev–Trinajstić information content (AvgIpc) is 2.34. The van der Waals surface area contributed by atoms with E-state index in [9.17, 15) is 14.7 Å². The molecule has 0 aromatic carbocycles. The maximum Gasteiger partial charge on any atom is 0.227 e. The van der Waals surface area contributed by atoms with Crippen molar-refractivity contribution in [2.45, 2.75) is 31.6 Å². The van der Waals surface area contributed by atoms with E-state index in [1.165, 1.54) is 6.07 Å². The summed E-state index contributed by atoms with van der Waals surface area (Å²) in [5, 5.41) is 9.95. The van der Waals surface area contributed by atoms with Crippen LogP contribution in [0.25, 0.3) is 0 Å². The van der Waals surface area contributed by atoms with Crippen molar-refractivity contribution in [3.63, 3.8) is 0 Å². The molecule has 0 spiro atoms. The maximum atomic E-state index is 11.7. The maximum absolute atomic E-state index is 11.7.